The number of anilines is 2. The van der Waals surface area contributed by atoms with E-state index in [9.17, 15) is 13.2 Å². The number of amides is 1. The van der Waals surface area contributed by atoms with Crippen molar-refractivity contribution in [3.63, 3.8) is 0 Å². The predicted octanol–water partition coefficient (Wildman–Crippen LogP) is 3.19. The minimum Gasteiger partial charge on any atom is -0.371 e. The number of nitrogens with one attached hydrogen (secondary N) is 1. The number of nitrogens with zero attached hydrogens (tertiary/aromatic N) is 3. The number of hydrogen-bond acceptors (Lipinski definition) is 5. The molecule has 0 saturated carbocycles. The first-order valence-corrected chi connectivity index (χ1v) is 12.8. The second-order valence-corrected chi connectivity index (χ2v) is 10.7. The van der Waals surface area contributed by atoms with Crippen LogP contribution in [0.5, 0.6) is 0 Å². The Morgan fingerprint density at radius 2 is 1.69 bits per heavy atom. The Morgan fingerprint density at radius 1 is 1.00 bits per heavy atom. The summed E-state index contributed by atoms with van der Waals surface area (Å²) in [5.74, 6) is -0.0965. The smallest absolute Gasteiger partial charge is 0.244 e. The van der Waals surface area contributed by atoms with E-state index in [-0.39, 0.29) is 22.4 Å². The van der Waals surface area contributed by atoms with Gasteiger partial charge in [-0.3, -0.25) is 9.69 Å². The summed E-state index contributed by atoms with van der Waals surface area (Å²) in [5, 5.41) is 3.20. The van der Waals surface area contributed by atoms with Crippen LogP contribution in [0.2, 0.25) is 5.02 Å². The quantitative estimate of drug-likeness (QED) is 0.693. The van der Waals surface area contributed by atoms with Gasteiger partial charge in [-0.15, -0.1) is 0 Å². The minimum atomic E-state index is -3.64. The van der Waals surface area contributed by atoms with Crippen molar-refractivity contribution in [2.45, 2.75) is 24.7 Å². The van der Waals surface area contributed by atoms with Crippen LogP contribution in [0.1, 0.15) is 18.4 Å². The summed E-state index contributed by atoms with van der Waals surface area (Å²) in [5.41, 5.74) is 3.18. The van der Waals surface area contributed by atoms with Gasteiger partial charge in [0.1, 0.15) is 4.90 Å². The van der Waals surface area contributed by atoms with Crippen LogP contribution in [0.25, 0.3) is 0 Å². The minimum absolute atomic E-state index is 0.0965. The molecule has 9 heteroatoms. The van der Waals surface area contributed by atoms with E-state index in [2.05, 4.69) is 23.2 Å². The number of piperazine rings is 1. The molecule has 2 aliphatic rings. The number of rotatable bonds is 6. The highest BCUT2D eigenvalue weighted by Gasteiger charge is 2.30. The van der Waals surface area contributed by atoms with Crippen molar-refractivity contribution >= 4 is 38.9 Å². The van der Waals surface area contributed by atoms with Gasteiger partial charge in [0.15, 0.2) is 0 Å². The predicted molar refractivity (Wildman–Crippen MR) is 128 cm³/mol. The third kappa shape index (κ3) is 5.09. The molecule has 0 spiro atoms. The van der Waals surface area contributed by atoms with E-state index in [1.54, 1.807) is 18.2 Å². The van der Waals surface area contributed by atoms with Crippen molar-refractivity contribution in [2.75, 3.05) is 56.0 Å². The van der Waals surface area contributed by atoms with Crippen LogP contribution >= 0.6 is 11.6 Å². The van der Waals surface area contributed by atoms with E-state index in [0.29, 0.717) is 26.2 Å². The van der Waals surface area contributed by atoms with Gasteiger partial charge in [0.05, 0.1) is 11.6 Å². The van der Waals surface area contributed by atoms with E-state index >= 15 is 0 Å². The van der Waals surface area contributed by atoms with Gasteiger partial charge >= 0.3 is 0 Å². The van der Waals surface area contributed by atoms with Crippen molar-refractivity contribution in [2.24, 2.45) is 0 Å². The molecule has 2 aromatic carbocycles. The van der Waals surface area contributed by atoms with Gasteiger partial charge < -0.3 is 10.2 Å². The highest BCUT2D eigenvalue weighted by Crippen LogP contribution is 2.27. The zero-order valence-corrected chi connectivity index (χ0v) is 19.8. The van der Waals surface area contributed by atoms with E-state index in [1.807, 2.05) is 17.0 Å². The number of halogens is 1. The molecule has 2 heterocycles. The SMILES string of the molecule is Cc1cc(NC(=O)CN2CCN(S(=O)(=O)c3ccccc3Cl)CC2)ccc1N1CCCC1. The Morgan fingerprint density at radius 3 is 2.34 bits per heavy atom. The molecule has 2 aliphatic heterocycles. The molecule has 0 aromatic heterocycles. The Balaban J connectivity index is 1.30. The van der Waals surface area contributed by atoms with Crippen molar-refractivity contribution in [1.29, 1.82) is 0 Å². The highest BCUT2D eigenvalue weighted by molar-refractivity contribution is 7.89. The van der Waals surface area contributed by atoms with Crippen LogP contribution < -0.4 is 10.2 Å². The van der Waals surface area contributed by atoms with E-state index in [4.69, 9.17) is 11.6 Å². The first-order chi connectivity index (χ1) is 15.3. The maximum atomic E-state index is 12.9. The summed E-state index contributed by atoms with van der Waals surface area (Å²) in [7, 11) is -3.64. The van der Waals surface area contributed by atoms with E-state index in [1.165, 1.54) is 28.9 Å². The van der Waals surface area contributed by atoms with Gasteiger partial charge in [-0.05, 0) is 55.7 Å². The average Bonchev–Trinajstić information content (AvgIpc) is 3.29. The lowest BCUT2D eigenvalue weighted by atomic mass is 10.1. The lowest BCUT2D eigenvalue weighted by molar-refractivity contribution is -0.117. The number of aryl methyl sites for hydroxylation is 1. The second-order valence-electron chi connectivity index (χ2n) is 8.35. The molecule has 32 heavy (non-hydrogen) atoms. The number of sulfonamides is 1. The average molecular weight is 477 g/mol. The number of carbonyl (C=O) groups is 1. The topological polar surface area (TPSA) is 73.0 Å². The van der Waals surface area contributed by atoms with Crippen LogP contribution in [0.4, 0.5) is 11.4 Å². The molecule has 7 nitrogen and oxygen atoms in total. The third-order valence-electron chi connectivity index (χ3n) is 6.08. The fourth-order valence-corrected chi connectivity index (χ4v) is 6.29. The fraction of sp³-hybridized carbons (Fsp3) is 0.435. The van der Waals surface area contributed by atoms with Crippen molar-refractivity contribution < 1.29 is 13.2 Å². The summed E-state index contributed by atoms with van der Waals surface area (Å²) in [6.07, 6.45) is 2.45. The molecule has 2 saturated heterocycles. The number of benzene rings is 2. The maximum Gasteiger partial charge on any atom is 0.244 e. The first-order valence-electron chi connectivity index (χ1n) is 11.0. The monoisotopic (exact) mass is 476 g/mol. The molecule has 1 amide bonds. The Labute approximate surface area is 195 Å². The van der Waals surface area contributed by atoms with Crippen LogP contribution in [0.3, 0.4) is 0 Å². The Kier molecular flexibility index (Phi) is 7.05. The first kappa shape index (κ1) is 23.0. The zero-order valence-electron chi connectivity index (χ0n) is 18.3. The Hall–Kier alpha value is -2.13. The molecular formula is C23H29ClN4O3S. The van der Waals surface area contributed by atoms with Crippen molar-refractivity contribution in [1.82, 2.24) is 9.21 Å². The summed E-state index contributed by atoms with van der Waals surface area (Å²) in [6, 6.07) is 12.5. The van der Waals surface area contributed by atoms with Gasteiger partial charge in [0.2, 0.25) is 15.9 Å². The molecule has 4 rings (SSSR count). The zero-order chi connectivity index (χ0) is 22.7. The van der Waals surface area contributed by atoms with Crippen molar-refractivity contribution in [3.8, 4) is 0 Å². The molecule has 1 N–H and O–H groups in total. The van der Waals surface area contributed by atoms with Gasteiger partial charge in [0, 0.05) is 50.6 Å². The second kappa shape index (κ2) is 9.79. The summed E-state index contributed by atoms with van der Waals surface area (Å²) in [6.45, 7) is 6.10. The lowest BCUT2D eigenvalue weighted by Gasteiger charge is -2.33. The highest BCUT2D eigenvalue weighted by atomic mass is 35.5. The third-order valence-corrected chi connectivity index (χ3v) is 8.48. The molecule has 2 fully saturated rings. The molecule has 0 bridgehead atoms. The maximum absolute atomic E-state index is 12.9. The molecule has 2 aromatic rings. The van der Waals surface area contributed by atoms with Gasteiger partial charge in [-0.1, -0.05) is 23.7 Å². The summed E-state index contributed by atoms with van der Waals surface area (Å²) < 4.78 is 27.2. The van der Waals surface area contributed by atoms with Crippen molar-refractivity contribution in [3.05, 3.63) is 53.1 Å². The fourth-order valence-electron chi connectivity index (χ4n) is 4.37. The lowest BCUT2D eigenvalue weighted by Crippen LogP contribution is -2.50. The molecule has 0 atom stereocenters. The normalized spacial score (nSPS) is 18.1. The van der Waals surface area contributed by atoms with Gasteiger partial charge in [0.25, 0.3) is 0 Å². The number of carbonyl (C=O) groups excluding carboxylic acids is 1. The Bertz CT molecular complexity index is 1080. The van der Waals surface area contributed by atoms with E-state index in [0.717, 1.165) is 24.3 Å². The van der Waals surface area contributed by atoms with E-state index < -0.39 is 10.0 Å². The van der Waals surface area contributed by atoms with Gasteiger partial charge in [-0.25, -0.2) is 8.42 Å². The van der Waals surface area contributed by atoms with Crippen LogP contribution in [-0.2, 0) is 14.8 Å². The van der Waals surface area contributed by atoms with Crippen LogP contribution in [0.15, 0.2) is 47.4 Å². The van der Waals surface area contributed by atoms with Crippen LogP contribution in [0, 0.1) is 6.92 Å². The van der Waals surface area contributed by atoms with Gasteiger partial charge in [-0.2, -0.15) is 4.31 Å². The largest absolute Gasteiger partial charge is 0.371 e. The summed E-state index contributed by atoms with van der Waals surface area (Å²) >= 11 is 6.09. The summed E-state index contributed by atoms with van der Waals surface area (Å²) in [4.78, 5) is 17.0. The molecule has 172 valence electrons. The standard InChI is InChI=1S/C23H29ClN4O3S/c1-18-16-19(8-9-21(18)27-10-4-5-11-27)25-23(29)17-26-12-14-28(15-13-26)32(30,31)22-7-3-2-6-20(22)24/h2-3,6-9,16H,4-5,10-15,17H2,1H3,(H,25,29). The van der Waals surface area contributed by atoms with Crippen LogP contribution in [-0.4, -0.2) is 69.3 Å². The molecule has 0 unspecified atom stereocenters. The molecule has 0 aliphatic carbocycles. The molecule has 0 radical (unpaired) electrons. The number of hydrogen-bond donors (Lipinski definition) is 1. The molecular weight excluding hydrogens is 448 g/mol.